The topological polar surface area (TPSA) is 97.8 Å². The summed E-state index contributed by atoms with van der Waals surface area (Å²) in [6.45, 7) is 2.01. The van der Waals surface area contributed by atoms with Gasteiger partial charge < -0.3 is 13.8 Å². The Bertz CT molecular complexity index is 1320. The van der Waals surface area contributed by atoms with Crippen LogP contribution in [0, 0.1) is 6.92 Å². The first-order chi connectivity index (χ1) is 14.7. The maximum atomic E-state index is 12.8. The lowest BCUT2D eigenvalue weighted by Crippen LogP contribution is -2.04. The molecule has 0 bridgehead atoms. The molecule has 4 aromatic heterocycles. The number of thioether (sulfide) groups is 1. The number of hydrogen-bond donors (Lipinski definition) is 1. The van der Waals surface area contributed by atoms with Crippen LogP contribution in [-0.4, -0.2) is 31.7 Å². The molecule has 0 unspecified atom stereocenters. The smallest absolute Gasteiger partial charge is 0.210 e. The molecule has 1 aromatic carbocycles. The summed E-state index contributed by atoms with van der Waals surface area (Å²) in [7, 11) is 0. The minimum absolute atomic E-state index is 0.00391. The zero-order chi connectivity index (χ0) is 20.5. The normalized spacial score (nSPS) is 11.2. The Kier molecular flexibility index (Phi) is 4.68. The molecule has 7 nitrogen and oxygen atoms in total. The van der Waals surface area contributed by atoms with Gasteiger partial charge in [-0.15, -0.1) is 10.2 Å². The van der Waals surface area contributed by atoms with Gasteiger partial charge in [-0.25, -0.2) is 4.98 Å². The molecule has 0 aliphatic rings. The van der Waals surface area contributed by atoms with Crippen LogP contribution in [0.4, 0.5) is 0 Å². The van der Waals surface area contributed by atoms with Gasteiger partial charge in [0.15, 0.2) is 5.78 Å². The van der Waals surface area contributed by atoms with Crippen LogP contribution in [-0.2, 0) is 0 Å². The second-order valence-electron chi connectivity index (χ2n) is 6.78. The monoisotopic (exact) mass is 416 g/mol. The van der Waals surface area contributed by atoms with Crippen LogP contribution in [0.2, 0.25) is 0 Å². The summed E-state index contributed by atoms with van der Waals surface area (Å²) in [4.78, 5) is 20.6. The summed E-state index contributed by atoms with van der Waals surface area (Å²) in [6.07, 6.45) is 8.09. The molecular formula is C22H16N4O3S. The van der Waals surface area contributed by atoms with Crippen molar-refractivity contribution in [1.82, 2.24) is 20.2 Å². The molecule has 0 fully saturated rings. The van der Waals surface area contributed by atoms with Crippen molar-refractivity contribution in [2.75, 3.05) is 5.75 Å². The number of rotatable bonds is 6. The first-order valence-corrected chi connectivity index (χ1v) is 10.2. The second-order valence-corrected chi connectivity index (χ2v) is 7.72. The minimum atomic E-state index is 0.00391. The average molecular weight is 416 g/mol. The molecule has 0 saturated carbocycles. The van der Waals surface area contributed by atoms with Gasteiger partial charge in [0.25, 0.3) is 0 Å². The molecule has 0 amide bonds. The highest BCUT2D eigenvalue weighted by Gasteiger charge is 2.18. The summed E-state index contributed by atoms with van der Waals surface area (Å²) >= 11 is 1.25. The third-order valence-corrected chi connectivity index (χ3v) is 5.56. The zero-order valence-electron chi connectivity index (χ0n) is 16.0. The number of aromatic nitrogens is 4. The quantitative estimate of drug-likeness (QED) is 0.302. The van der Waals surface area contributed by atoms with Gasteiger partial charge in [-0.2, -0.15) is 0 Å². The Balaban J connectivity index is 1.42. The van der Waals surface area contributed by atoms with E-state index in [9.17, 15) is 4.79 Å². The molecule has 148 valence electrons. The number of fused-ring (bicyclic) bond motifs is 1. The Morgan fingerprint density at radius 3 is 2.53 bits per heavy atom. The highest BCUT2D eigenvalue weighted by molar-refractivity contribution is 7.99. The summed E-state index contributed by atoms with van der Waals surface area (Å²) < 4.78 is 10.4. The van der Waals surface area contributed by atoms with Gasteiger partial charge in [0.2, 0.25) is 5.16 Å². The van der Waals surface area contributed by atoms with Crippen LogP contribution in [0.15, 0.2) is 75.6 Å². The predicted molar refractivity (Wildman–Crippen MR) is 113 cm³/mol. The number of H-pyrrole nitrogens is 1. The molecule has 5 rings (SSSR count). The largest absolute Gasteiger partial charge is 0.472 e. The van der Waals surface area contributed by atoms with E-state index in [-0.39, 0.29) is 11.5 Å². The van der Waals surface area contributed by atoms with Crippen molar-refractivity contribution in [2.45, 2.75) is 12.1 Å². The van der Waals surface area contributed by atoms with Crippen LogP contribution >= 0.6 is 11.8 Å². The van der Waals surface area contributed by atoms with Crippen molar-refractivity contribution in [3.05, 3.63) is 72.7 Å². The van der Waals surface area contributed by atoms with Crippen molar-refractivity contribution >= 4 is 28.4 Å². The Morgan fingerprint density at radius 2 is 1.80 bits per heavy atom. The molecule has 4 heterocycles. The van der Waals surface area contributed by atoms with Crippen LogP contribution in [0.1, 0.15) is 15.9 Å². The van der Waals surface area contributed by atoms with Crippen molar-refractivity contribution in [3.8, 4) is 22.5 Å². The molecule has 0 atom stereocenters. The van der Waals surface area contributed by atoms with Crippen LogP contribution in [0.3, 0.4) is 0 Å². The van der Waals surface area contributed by atoms with Crippen LogP contribution < -0.4 is 0 Å². The van der Waals surface area contributed by atoms with Gasteiger partial charge in [-0.3, -0.25) is 4.79 Å². The molecule has 0 aliphatic carbocycles. The lowest BCUT2D eigenvalue weighted by molar-refractivity contribution is 0.102. The fourth-order valence-electron chi connectivity index (χ4n) is 3.24. The first kappa shape index (κ1) is 18.4. The zero-order valence-corrected chi connectivity index (χ0v) is 16.8. The second kappa shape index (κ2) is 7.64. The number of Topliss-reactive ketones (excluding diaryl/α,β-unsaturated/α-hetero) is 1. The highest BCUT2D eigenvalue weighted by Crippen LogP contribution is 2.30. The van der Waals surface area contributed by atoms with E-state index in [1.807, 2.05) is 31.2 Å². The van der Waals surface area contributed by atoms with Gasteiger partial charge in [0.05, 0.1) is 30.8 Å². The number of nitrogens with zero attached hydrogens (tertiary/aromatic N) is 3. The number of benzene rings is 1. The van der Waals surface area contributed by atoms with Crippen LogP contribution in [0.25, 0.3) is 33.4 Å². The van der Waals surface area contributed by atoms with E-state index < -0.39 is 0 Å². The molecule has 1 N–H and O–H groups in total. The average Bonchev–Trinajstić information content (AvgIpc) is 3.53. The van der Waals surface area contributed by atoms with Crippen molar-refractivity contribution in [2.24, 2.45) is 0 Å². The standard InChI is InChI=1S/C22H16N4O3S/c1-13-2-3-18-16(8-13)17(9-23-18)19(27)12-30-22-24-20(14-4-6-28-10-14)21(25-26-22)15-5-7-29-11-15/h2-11,23H,12H2,1H3. The van der Waals surface area contributed by atoms with E-state index >= 15 is 0 Å². The summed E-state index contributed by atoms with van der Waals surface area (Å²) in [5.41, 5.74) is 5.48. The number of aryl methyl sites for hydroxylation is 1. The maximum absolute atomic E-state index is 12.8. The summed E-state index contributed by atoms with van der Waals surface area (Å²) in [6, 6.07) is 9.61. The molecule has 0 saturated heterocycles. The summed E-state index contributed by atoms with van der Waals surface area (Å²) in [5, 5.41) is 9.88. The van der Waals surface area contributed by atoms with Crippen molar-refractivity contribution in [3.63, 3.8) is 0 Å². The number of aromatic amines is 1. The first-order valence-electron chi connectivity index (χ1n) is 9.22. The Hall–Kier alpha value is -3.65. The lowest BCUT2D eigenvalue weighted by Gasteiger charge is -2.06. The number of furan rings is 2. The number of nitrogens with one attached hydrogen (secondary N) is 1. The van der Waals surface area contributed by atoms with Gasteiger partial charge in [-0.05, 0) is 31.2 Å². The third kappa shape index (κ3) is 3.42. The van der Waals surface area contributed by atoms with Gasteiger partial charge in [-0.1, -0.05) is 23.4 Å². The summed E-state index contributed by atoms with van der Waals surface area (Å²) in [5.74, 6) is 0.211. The van der Waals surface area contributed by atoms with Gasteiger partial charge in [0, 0.05) is 33.8 Å². The fraction of sp³-hybridized carbons (Fsp3) is 0.0909. The van der Waals surface area contributed by atoms with Crippen molar-refractivity contribution < 1.29 is 13.6 Å². The molecule has 8 heteroatoms. The number of carbonyl (C=O) groups excluding carboxylic acids is 1. The molecule has 30 heavy (non-hydrogen) atoms. The van der Waals surface area contributed by atoms with Gasteiger partial charge >= 0.3 is 0 Å². The molecule has 0 aliphatic heterocycles. The third-order valence-electron chi connectivity index (χ3n) is 4.73. The van der Waals surface area contributed by atoms with E-state index in [4.69, 9.17) is 8.83 Å². The van der Waals surface area contributed by atoms with Crippen LogP contribution in [0.5, 0.6) is 0 Å². The Morgan fingerprint density at radius 1 is 1.03 bits per heavy atom. The number of ketones is 1. The number of hydrogen-bond acceptors (Lipinski definition) is 7. The van der Waals surface area contributed by atoms with E-state index in [0.29, 0.717) is 22.1 Å². The minimum Gasteiger partial charge on any atom is -0.472 e. The maximum Gasteiger partial charge on any atom is 0.210 e. The van der Waals surface area contributed by atoms with Crippen molar-refractivity contribution in [1.29, 1.82) is 0 Å². The molecule has 0 radical (unpaired) electrons. The molecule has 5 aromatic rings. The van der Waals surface area contributed by atoms with E-state index in [2.05, 4.69) is 20.2 Å². The predicted octanol–water partition coefficient (Wildman–Crippen LogP) is 5.16. The van der Waals surface area contributed by atoms with E-state index in [1.54, 1.807) is 37.3 Å². The molecule has 0 spiro atoms. The lowest BCUT2D eigenvalue weighted by atomic mass is 10.1. The Labute approximate surface area is 175 Å². The van der Waals surface area contributed by atoms with E-state index in [1.165, 1.54) is 11.8 Å². The van der Waals surface area contributed by atoms with Gasteiger partial charge in [0.1, 0.15) is 11.4 Å². The SMILES string of the molecule is Cc1ccc2[nH]cc(C(=O)CSc3nnc(-c4ccoc4)c(-c4ccoc4)n3)c2c1. The van der Waals surface area contributed by atoms with E-state index in [0.717, 1.165) is 27.6 Å². The number of carbonyl (C=O) groups is 1. The highest BCUT2D eigenvalue weighted by atomic mass is 32.2. The molecular weight excluding hydrogens is 400 g/mol. The fourth-order valence-corrected chi connectivity index (χ4v) is 3.91.